The number of amides is 1. The summed E-state index contributed by atoms with van der Waals surface area (Å²) in [4.78, 5) is 34.1. The predicted molar refractivity (Wildman–Crippen MR) is 109 cm³/mol. The van der Waals surface area contributed by atoms with Gasteiger partial charge < -0.3 is 20.2 Å². The molecule has 0 radical (unpaired) electrons. The predicted octanol–water partition coefficient (Wildman–Crippen LogP) is 3.24. The Bertz CT molecular complexity index is 1040. The number of carboxylic acids is 1. The van der Waals surface area contributed by atoms with Crippen LogP contribution in [-0.4, -0.2) is 27.8 Å². The van der Waals surface area contributed by atoms with E-state index in [1.807, 2.05) is 41.0 Å². The van der Waals surface area contributed by atoms with Crippen LogP contribution in [0.1, 0.15) is 29.0 Å². The fourth-order valence-electron chi connectivity index (χ4n) is 3.37. The minimum atomic E-state index is -1.06. The van der Waals surface area contributed by atoms with Crippen molar-refractivity contribution >= 4 is 45.0 Å². The number of benzene rings is 2. The number of aromatic nitrogens is 1. The molecule has 1 heterocycles. The Balaban J connectivity index is 2.17. The maximum atomic E-state index is 11.6. The van der Waals surface area contributed by atoms with Crippen LogP contribution in [0.5, 0.6) is 0 Å². The van der Waals surface area contributed by atoms with E-state index in [0.717, 1.165) is 21.1 Å². The molecular formula is C21H19BrN2O4. The van der Waals surface area contributed by atoms with E-state index in [1.54, 1.807) is 12.1 Å². The number of nitrogens with two attached hydrogens (primary N) is 1. The van der Waals surface area contributed by atoms with Gasteiger partial charge >= 0.3 is 5.97 Å². The summed E-state index contributed by atoms with van der Waals surface area (Å²) < 4.78 is 2.74. The first kappa shape index (κ1) is 19.8. The molecule has 3 rings (SSSR count). The lowest BCUT2D eigenvalue weighted by atomic mass is 9.94. The molecule has 0 bridgehead atoms. The van der Waals surface area contributed by atoms with Crippen LogP contribution in [0.4, 0.5) is 0 Å². The van der Waals surface area contributed by atoms with Crippen LogP contribution in [-0.2, 0) is 27.3 Å². The van der Waals surface area contributed by atoms with E-state index < -0.39 is 17.8 Å². The SMILES string of the molecule is NC(=O)Cc1c(Br)n(Cc2ccccc2)c2ccc(C(CC=O)C(=O)O)cc12. The van der Waals surface area contributed by atoms with Crippen molar-refractivity contribution in [3.63, 3.8) is 0 Å². The van der Waals surface area contributed by atoms with E-state index >= 15 is 0 Å². The number of carbonyl (C=O) groups is 3. The lowest BCUT2D eigenvalue weighted by Gasteiger charge is -2.11. The number of rotatable bonds is 8. The van der Waals surface area contributed by atoms with E-state index in [9.17, 15) is 19.5 Å². The molecule has 0 saturated carbocycles. The number of primary amides is 1. The van der Waals surface area contributed by atoms with Crippen molar-refractivity contribution in [2.75, 3.05) is 0 Å². The molecule has 3 aromatic rings. The maximum Gasteiger partial charge on any atom is 0.311 e. The number of fused-ring (bicyclic) bond motifs is 1. The minimum absolute atomic E-state index is 0.0216. The highest BCUT2D eigenvalue weighted by Gasteiger charge is 2.23. The number of hydrogen-bond acceptors (Lipinski definition) is 3. The average molecular weight is 443 g/mol. The van der Waals surface area contributed by atoms with Crippen molar-refractivity contribution in [2.24, 2.45) is 5.73 Å². The highest BCUT2D eigenvalue weighted by Crippen LogP contribution is 2.34. The highest BCUT2D eigenvalue weighted by atomic mass is 79.9. The van der Waals surface area contributed by atoms with Gasteiger partial charge in [0.1, 0.15) is 6.29 Å². The number of carbonyl (C=O) groups excluding carboxylic acids is 2. The standard InChI is InChI=1S/C21H19BrN2O4/c22-20-17(11-19(23)26)16-10-14(15(8-9-25)21(27)28)6-7-18(16)24(20)12-13-4-2-1-3-5-13/h1-7,9-10,15H,8,11-12H2,(H2,23,26)(H,27,28). The third kappa shape index (κ3) is 3.99. The van der Waals surface area contributed by atoms with Crippen molar-refractivity contribution < 1.29 is 19.5 Å². The van der Waals surface area contributed by atoms with Gasteiger partial charge in [-0.3, -0.25) is 9.59 Å². The molecule has 1 aromatic heterocycles. The Morgan fingerprint density at radius 3 is 2.50 bits per heavy atom. The topological polar surface area (TPSA) is 102 Å². The Morgan fingerprint density at radius 2 is 1.89 bits per heavy atom. The number of aldehydes is 1. The van der Waals surface area contributed by atoms with Gasteiger partial charge in [0.05, 0.1) is 16.9 Å². The quantitative estimate of drug-likeness (QED) is 0.522. The van der Waals surface area contributed by atoms with E-state index in [4.69, 9.17) is 5.73 Å². The first-order valence-corrected chi connectivity index (χ1v) is 9.50. The molecule has 144 valence electrons. The van der Waals surface area contributed by atoms with E-state index in [1.165, 1.54) is 0 Å². The van der Waals surface area contributed by atoms with Crippen LogP contribution >= 0.6 is 15.9 Å². The van der Waals surface area contributed by atoms with Gasteiger partial charge in [-0.2, -0.15) is 0 Å². The van der Waals surface area contributed by atoms with Gasteiger partial charge in [-0.15, -0.1) is 0 Å². The van der Waals surface area contributed by atoms with Gasteiger partial charge in [-0.1, -0.05) is 36.4 Å². The number of aliphatic carboxylic acids is 1. The molecular weight excluding hydrogens is 424 g/mol. The van der Waals surface area contributed by atoms with Gasteiger partial charge in [-0.05, 0) is 39.2 Å². The number of nitrogens with zero attached hydrogens (tertiary/aromatic N) is 1. The molecule has 0 spiro atoms. The summed E-state index contributed by atoms with van der Waals surface area (Å²) in [5.74, 6) is -2.47. The zero-order chi connectivity index (χ0) is 20.3. The van der Waals surface area contributed by atoms with Crippen LogP contribution < -0.4 is 5.73 Å². The van der Waals surface area contributed by atoms with E-state index in [-0.39, 0.29) is 12.8 Å². The zero-order valence-electron chi connectivity index (χ0n) is 15.0. The Labute approximate surface area is 170 Å². The maximum absolute atomic E-state index is 11.6. The van der Waals surface area contributed by atoms with E-state index in [2.05, 4.69) is 15.9 Å². The molecule has 1 amide bonds. The smallest absolute Gasteiger partial charge is 0.311 e. The first-order valence-electron chi connectivity index (χ1n) is 8.71. The Hall–Kier alpha value is -2.93. The highest BCUT2D eigenvalue weighted by molar-refractivity contribution is 9.10. The fourth-order valence-corrected chi connectivity index (χ4v) is 4.04. The molecule has 1 atom stereocenters. The second kappa shape index (κ2) is 8.39. The number of hydrogen-bond donors (Lipinski definition) is 2. The first-order chi connectivity index (χ1) is 13.4. The van der Waals surface area contributed by atoms with Crippen LogP contribution in [0.25, 0.3) is 10.9 Å². The lowest BCUT2D eigenvalue weighted by molar-refractivity contribution is -0.139. The molecule has 6 nitrogen and oxygen atoms in total. The van der Waals surface area contributed by atoms with Crippen molar-refractivity contribution in [3.05, 3.63) is 69.8 Å². The molecule has 0 aliphatic heterocycles. The fraction of sp³-hybridized carbons (Fsp3) is 0.190. The molecule has 7 heteroatoms. The third-order valence-corrected chi connectivity index (χ3v) is 5.60. The van der Waals surface area contributed by atoms with Gasteiger partial charge in [0.25, 0.3) is 0 Å². The van der Waals surface area contributed by atoms with E-state index in [0.29, 0.717) is 24.0 Å². The van der Waals surface area contributed by atoms with Crippen LogP contribution in [0, 0.1) is 0 Å². The molecule has 0 saturated heterocycles. The van der Waals surface area contributed by atoms with Gasteiger partial charge in [-0.25, -0.2) is 0 Å². The second-order valence-corrected chi connectivity index (χ2v) is 7.31. The monoisotopic (exact) mass is 442 g/mol. The molecule has 3 N–H and O–H groups in total. The van der Waals surface area contributed by atoms with Crippen molar-refractivity contribution in [2.45, 2.75) is 25.3 Å². The molecule has 0 aliphatic rings. The molecule has 2 aromatic carbocycles. The average Bonchev–Trinajstić information content (AvgIpc) is 2.91. The Morgan fingerprint density at radius 1 is 1.18 bits per heavy atom. The summed E-state index contributed by atoms with van der Waals surface area (Å²) in [6.45, 7) is 0.576. The second-order valence-electron chi connectivity index (χ2n) is 6.55. The van der Waals surface area contributed by atoms with Gasteiger partial charge in [0, 0.05) is 29.4 Å². The molecule has 1 unspecified atom stereocenters. The van der Waals surface area contributed by atoms with Crippen molar-refractivity contribution in [1.82, 2.24) is 4.57 Å². The van der Waals surface area contributed by atoms with Crippen molar-refractivity contribution in [1.29, 1.82) is 0 Å². The summed E-state index contributed by atoms with van der Waals surface area (Å²) in [6, 6.07) is 15.1. The normalized spacial score (nSPS) is 12.0. The third-order valence-electron chi connectivity index (χ3n) is 4.69. The van der Waals surface area contributed by atoms with Gasteiger partial charge in [0.2, 0.25) is 5.91 Å². The zero-order valence-corrected chi connectivity index (χ0v) is 16.6. The molecule has 0 fully saturated rings. The lowest BCUT2D eigenvalue weighted by Crippen LogP contribution is -2.14. The minimum Gasteiger partial charge on any atom is -0.481 e. The summed E-state index contributed by atoms with van der Waals surface area (Å²) >= 11 is 3.58. The summed E-state index contributed by atoms with van der Waals surface area (Å²) in [7, 11) is 0. The summed E-state index contributed by atoms with van der Waals surface area (Å²) in [6.07, 6.45) is 0.509. The molecule has 28 heavy (non-hydrogen) atoms. The summed E-state index contributed by atoms with van der Waals surface area (Å²) in [5.41, 5.74) is 8.59. The largest absolute Gasteiger partial charge is 0.481 e. The van der Waals surface area contributed by atoms with Crippen molar-refractivity contribution in [3.8, 4) is 0 Å². The number of halogens is 1. The molecule has 0 aliphatic carbocycles. The Kier molecular flexibility index (Phi) is 5.94. The summed E-state index contributed by atoms with van der Waals surface area (Å²) in [5, 5.41) is 10.2. The van der Waals surface area contributed by atoms with Crippen LogP contribution in [0.15, 0.2) is 53.1 Å². The van der Waals surface area contributed by atoms with Gasteiger partial charge in [0.15, 0.2) is 0 Å². The number of carboxylic acid groups (broad SMARTS) is 1. The van der Waals surface area contributed by atoms with Crippen LogP contribution in [0.2, 0.25) is 0 Å². The van der Waals surface area contributed by atoms with Crippen LogP contribution in [0.3, 0.4) is 0 Å².